The van der Waals surface area contributed by atoms with E-state index in [9.17, 15) is 20.2 Å². The minimum Gasteiger partial charge on any atom is -0.489 e. The molecule has 0 spiro atoms. The van der Waals surface area contributed by atoms with Crippen LogP contribution in [0.4, 0.5) is 17.1 Å². The van der Waals surface area contributed by atoms with Gasteiger partial charge in [0, 0.05) is 12.1 Å². The number of non-ortho nitro benzene ring substituents is 1. The molecule has 0 amide bonds. The summed E-state index contributed by atoms with van der Waals surface area (Å²) < 4.78 is 5.39. The lowest BCUT2D eigenvalue weighted by Crippen LogP contribution is -1.99. The Hall–Kier alpha value is -3.16. The Labute approximate surface area is 119 Å². The maximum atomic E-state index is 10.8. The number of anilines is 1. The number of hydrogen-bond acceptors (Lipinski definition) is 6. The zero-order valence-corrected chi connectivity index (χ0v) is 10.8. The van der Waals surface area contributed by atoms with Gasteiger partial charge in [0.25, 0.3) is 11.4 Å². The fourth-order valence-corrected chi connectivity index (χ4v) is 1.70. The molecule has 2 rings (SSSR count). The highest BCUT2D eigenvalue weighted by atomic mass is 16.6. The van der Waals surface area contributed by atoms with E-state index in [2.05, 4.69) is 0 Å². The average molecular weight is 289 g/mol. The molecule has 0 unspecified atom stereocenters. The Morgan fingerprint density at radius 2 is 1.81 bits per heavy atom. The summed E-state index contributed by atoms with van der Waals surface area (Å²) in [5.74, 6) is 0.266. The van der Waals surface area contributed by atoms with Crippen molar-refractivity contribution >= 4 is 17.1 Å². The maximum absolute atomic E-state index is 10.8. The van der Waals surface area contributed by atoms with Gasteiger partial charge in [-0.15, -0.1) is 0 Å². The molecule has 0 fully saturated rings. The number of ether oxygens (including phenoxy) is 1. The second kappa shape index (κ2) is 5.87. The number of benzene rings is 2. The lowest BCUT2D eigenvalue weighted by Gasteiger charge is -2.07. The highest BCUT2D eigenvalue weighted by molar-refractivity contribution is 5.60. The van der Waals surface area contributed by atoms with Gasteiger partial charge in [-0.05, 0) is 17.7 Å². The summed E-state index contributed by atoms with van der Waals surface area (Å²) in [6, 6.07) is 10.1. The van der Waals surface area contributed by atoms with Crippen LogP contribution in [0.1, 0.15) is 5.56 Å². The summed E-state index contributed by atoms with van der Waals surface area (Å²) in [5, 5.41) is 21.4. The first-order valence-corrected chi connectivity index (χ1v) is 5.87. The minimum atomic E-state index is -0.602. The van der Waals surface area contributed by atoms with Crippen LogP contribution in [0.5, 0.6) is 5.75 Å². The molecule has 0 atom stereocenters. The number of nitrogens with zero attached hydrogens (tertiary/aromatic N) is 2. The van der Waals surface area contributed by atoms with Crippen molar-refractivity contribution in [2.45, 2.75) is 6.61 Å². The van der Waals surface area contributed by atoms with Gasteiger partial charge in [-0.2, -0.15) is 0 Å². The van der Waals surface area contributed by atoms with Crippen LogP contribution in [-0.2, 0) is 6.61 Å². The van der Waals surface area contributed by atoms with Crippen molar-refractivity contribution in [3.63, 3.8) is 0 Å². The molecule has 2 aromatic rings. The molecular weight excluding hydrogens is 278 g/mol. The van der Waals surface area contributed by atoms with Crippen LogP contribution >= 0.6 is 0 Å². The summed E-state index contributed by atoms with van der Waals surface area (Å²) in [6.45, 7) is 0.0583. The SMILES string of the molecule is Nc1ccc(OCc2cccc([N+](=O)[O-])c2)cc1[N+](=O)[O-]. The summed E-state index contributed by atoms with van der Waals surface area (Å²) >= 11 is 0. The third-order valence-electron chi connectivity index (χ3n) is 2.73. The highest BCUT2D eigenvalue weighted by Crippen LogP contribution is 2.27. The van der Waals surface area contributed by atoms with Gasteiger partial charge in [-0.25, -0.2) is 0 Å². The lowest BCUT2D eigenvalue weighted by molar-refractivity contribution is -0.385. The summed E-state index contributed by atoms with van der Waals surface area (Å²) in [6.07, 6.45) is 0. The van der Waals surface area contributed by atoms with Crippen molar-refractivity contribution in [3.8, 4) is 5.75 Å². The van der Waals surface area contributed by atoms with Gasteiger partial charge in [-0.3, -0.25) is 20.2 Å². The van der Waals surface area contributed by atoms with E-state index in [4.69, 9.17) is 10.5 Å². The number of nitro benzene ring substituents is 2. The molecule has 21 heavy (non-hydrogen) atoms. The normalized spacial score (nSPS) is 10.1. The van der Waals surface area contributed by atoms with Crippen molar-refractivity contribution < 1.29 is 14.6 Å². The Bertz CT molecular complexity index is 702. The Morgan fingerprint density at radius 1 is 1.05 bits per heavy atom. The zero-order valence-electron chi connectivity index (χ0n) is 10.8. The van der Waals surface area contributed by atoms with E-state index in [0.717, 1.165) is 0 Å². The van der Waals surface area contributed by atoms with Gasteiger partial charge in [0.2, 0.25) is 0 Å². The average Bonchev–Trinajstić information content (AvgIpc) is 2.46. The minimum absolute atomic E-state index is 0.0422. The van der Waals surface area contributed by atoms with Crippen LogP contribution in [0.3, 0.4) is 0 Å². The predicted molar refractivity (Wildman–Crippen MR) is 74.9 cm³/mol. The van der Waals surface area contributed by atoms with Crippen molar-refractivity contribution in [2.24, 2.45) is 0 Å². The van der Waals surface area contributed by atoms with Crippen LogP contribution < -0.4 is 10.5 Å². The van der Waals surface area contributed by atoms with E-state index in [1.165, 1.54) is 30.3 Å². The van der Waals surface area contributed by atoms with Crippen molar-refractivity contribution in [2.75, 3.05) is 5.73 Å². The molecule has 0 bridgehead atoms. The van der Waals surface area contributed by atoms with Gasteiger partial charge in [-0.1, -0.05) is 12.1 Å². The van der Waals surface area contributed by atoms with Crippen LogP contribution in [0.25, 0.3) is 0 Å². The second-order valence-electron chi connectivity index (χ2n) is 4.19. The van der Waals surface area contributed by atoms with Crippen LogP contribution in [0, 0.1) is 20.2 Å². The predicted octanol–water partition coefficient (Wildman–Crippen LogP) is 2.66. The highest BCUT2D eigenvalue weighted by Gasteiger charge is 2.13. The maximum Gasteiger partial charge on any atom is 0.295 e. The topological polar surface area (TPSA) is 122 Å². The number of nitrogens with two attached hydrogens (primary N) is 1. The Morgan fingerprint density at radius 3 is 2.48 bits per heavy atom. The summed E-state index contributed by atoms with van der Waals surface area (Å²) in [7, 11) is 0. The van der Waals surface area contributed by atoms with Gasteiger partial charge < -0.3 is 10.5 Å². The van der Waals surface area contributed by atoms with Crippen molar-refractivity contribution in [1.29, 1.82) is 0 Å². The van der Waals surface area contributed by atoms with Crippen LogP contribution in [0.2, 0.25) is 0 Å². The smallest absolute Gasteiger partial charge is 0.295 e. The summed E-state index contributed by atoms with van der Waals surface area (Å²) in [4.78, 5) is 20.3. The molecule has 2 aromatic carbocycles. The molecule has 2 N–H and O–H groups in total. The first kappa shape index (κ1) is 14.3. The fourth-order valence-electron chi connectivity index (χ4n) is 1.70. The van der Waals surface area contributed by atoms with Crippen LogP contribution in [0.15, 0.2) is 42.5 Å². The standard InChI is InChI=1S/C13H11N3O5/c14-12-5-4-11(7-13(12)16(19)20)21-8-9-2-1-3-10(6-9)15(17)18/h1-7H,8,14H2. The third kappa shape index (κ3) is 3.44. The number of nitro groups is 2. The van der Waals surface area contributed by atoms with E-state index >= 15 is 0 Å². The fraction of sp³-hybridized carbons (Fsp3) is 0.0769. The molecule has 108 valence electrons. The number of rotatable bonds is 5. The summed E-state index contributed by atoms with van der Waals surface area (Å²) in [5.41, 5.74) is 5.82. The number of hydrogen-bond donors (Lipinski definition) is 1. The molecule has 0 aliphatic heterocycles. The number of nitrogen functional groups attached to an aromatic ring is 1. The molecule has 0 aliphatic rings. The molecule has 8 heteroatoms. The molecular formula is C13H11N3O5. The molecule has 0 radical (unpaired) electrons. The molecule has 8 nitrogen and oxygen atoms in total. The van der Waals surface area contributed by atoms with E-state index in [1.54, 1.807) is 12.1 Å². The molecule has 0 aromatic heterocycles. The van der Waals surface area contributed by atoms with E-state index < -0.39 is 9.85 Å². The lowest BCUT2D eigenvalue weighted by atomic mass is 10.2. The monoisotopic (exact) mass is 289 g/mol. The molecule has 0 saturated heterocycles. The second-order valence-corrected chi connectivity index (χ2v) is 4.19. The Kier molecular flexibility index (Phi) is 3.98. The van der Waals surface area contributed by atoms with Gasteiger partial charge in [0.15, 0.2) is 0 Å². The first-order valence-electron chi connectivity index (χ1n) is 5.87. The zero-order chi connectivity index (χ0) is 15.4. The van der Waals surface area contributed by atoms with E-state index in [0.29, 0.717) is 5.56 Å². The third-order valence-corrected chi connectivity index (χ3v) is 2.73. The van der Waals surface area contributed by atoms with Crippen molar-refractivity contribution in [1.82, 2.24) is 0 Å². The van der Waals surface area contributed by atoms with E-state index in [-0.39, 0.29) is 29.4 Å². The van der Waals surface area contributed by atoms with E-state index in [1.807, 2.05) is 0 Å². The van der Waals surface area contributed by atoms with Gasteiger partial charge in [0.1, 0.15) is 18.0 Å². The first-order chi connectivity index (χ1) is 9.97. The van der Waals surface area contributed by atoms with Crippen LogP contribution in [-0.4, -0.2) is 9.85 Å². The Balaban J connectivity index is 2.13. The molecule has 0 heterocycles. The van der Waals surface area contributed by atoms with Gasteiger partial charge >= 0.3 is 0 Å². The van der Waals surface area contributed by atoms with Gasteiger partial charge in [0.05, 0.1) is 15.9 Å². The largest absolute Gasteiger partial charge is 0.489 e. The molecule has 0 saturated carbocycles. The quantitative estimate of drug-likeness (QED) is 0.513. The van der Waals surface area contributed by atoms with Crippen molar-refractivity contribution in [3.05, 3.63) is 68.3 Å². The molecule has 0 aliphatic carbocycles.